The predicted molar refractivity (Wildman–Crippen MR) is 111 cm³/mol. The molecule has 1 fully saturated rings. The normalized spacial score (nSPS) is 16.7. The quantitative estimate of drug-likeness (QED) is 0.768. The zero-order valence-electron chi connectivity index (χ0n) is 15.8. The third kappa shape index (κ3) is 4.52. The molecule has 0 saturated carbocycles. The highest BCUT2D eigenvalue weighted by atomic mass is 32.2. The predicted octanol–water partition coefficient (Wildman–Crippen LogP) is 4.60. The summed E-state index contributed by atoms with van der Waals surface area (Å²) in [7, 11) is 1.60. The van der Waals surface area contributed by atoms with Crippen LogP contribution in [0.2, 0.25) is 0 Å². The van der Waals surface area contributed by atoms with E-state index in [0.717, 1.165) is 16.8 Å². The zero-order chi connectivity index (χ0) is 19.4. The number of ether oxygens (including phenoxy) is 2. The van der Waals surface area contributed by atoms with Crippen molar-refractivity contribution in [2.45, 2.75) is 20.8 Å². The first-order chi connectivity index (χ1) is 13.0. The molecular weight excluding hydrogens is 360 g/mol. The molecule has 140 valence electrons. The monoisotopic (exact) mass is 382 g/mol. The molecule has 1 aliphatic rings. The summed E-state index contributed by atoms with van der Waals surface area (Å²) in [5.74, 6) is 1.16. The van der Waals surface area contributed by atoms with Crippen molar-refractivity contribution >= 4 is 34.6 Å². The molecule has 0 aliphatic carbocycles. The lowest BCUT2D eigenvalue weighted by atomic mass is 10.1. The SMILES string of the molecule is CCOc1ccc(C=C2SC(=Nc3ccc(C)cc3C)NC2=O)cc1OC. The van der Waals surface area contributed by atoms with Gasteiger partial charge in [0.25, 0.3) is 5.91 Å². The summed E-state index contributed by atoms with van der Waals surface area (Å²) in [6, 6.07) is 11.6. The van der Waals surface area contributed by atoms with Crippen molar-refractivity contribution in [1.82, 2.24) is 5.32 Å². The summed E-state index contributed by atoms with van der Waals surface area (Å²) in [5, 5.41) is 3.40. The molecule has 1 heterocycles. The van der Waals surface area contributed by atoms with E-state index >= 15 is 0 Å². The van der Waals surface area contributed by atoms with Gasteiger partial charge in [-0.2, -0.15) is 0 Å². The number of nitrogens with one attached hydrogen (secondary N) is 1. The Morgan fingerprint density at radius 3 is 2.67 bits per heavy atom. The van der Waals surface area contributed by atoms with E-state index in [1.165, 1.54) is 17.3 Å². The van der Waals surface area contributed by atoms with Crippen LogP contribution in [0.1, 0.15) is 23.6 Å². The average Bonchev–Trinajstić information content (AvgIpc) is 2.98. The van der Waals surface area contributed by atoms with Gasteiger partial charge in [-0.1, -0.05) is 23.8 Å². The van der Waals surface area contributed by atoms with Crippen LogP contribution in [0.25, 0.3) is 6.08 Å². The van der Waals surface area contributed by atoms with E-state index in [-0.39, 0.29) is 5.91 Å². The van der Waals surface area contributed by atoms with Crippen LogP contribution < -0.4 is 14.8 Å². The van der Waals surface area contributed by atoms with Crippen molar-refractivity contribution in [1.29, 1.82) is 0 Å². The second-order valence-corrected chi connectivity index (χ2v) is 7.15. The van der Waals surface area contributed by atoms with Crippen LogP contribution in [0.3, 0.4) is 0 Å². The summed E-state index contributed by atoms with van der Waals surface area (Å²) in [6.45, 7) is 6.54. The second-order valence-electron chi connectivity index (χ2n) is 6.11. The lowest BCUT2D eigenvalue weighted by Crippen LogP contribution is -2.19. The lowest BCUT2D eigenvalue weighted by Gasteiger charge is -2.09. The number of benzene rings is 2. The van der Waals surface area contributed by atoms with Crippen molar-refractivity contribution in [2.24, 2.45) is 4.99 Å². The topological polar surface area (TPSA) is 59.9 Å². The third-order valence-electron chi connectivity index (χ3n) is 4.01. The van der Waals surface area contributed by atoms with Gasteiger partial charge in [-0.25, -0.2) is 4.99 Å². The van der Waals surface area contributed by atoms with Gasteiger partial charge in [-0.3, -0.25) is 4.79 Å². The molecule has 0 radical (unpaired) electrons. The Labute approximate surface area is 163 Å². The number of amides is 1. The molecule has 2 aromatic rings. The fourth-order valence-corrected chi connectivity index (χ4v) is 3.56. The molecular formula is C21H22N2O3S. The van der Waals surface area contributed by atoms with Gasteiger partial charge in [0.15, 0.2) is 16.7 Å². The molecule has 6 heteroatoms. The number of nitrogens with zero attached hydrogens (tertiary/aromatic N) is 1. The Bertz CT molecular complexity index is 935. The Morgan fingerprint density at radius 2 is 1.96 bits per heavy atom. The van der Waals surface area contributed by atoms with Gasteiger partial charge in [0.05, 0.1) is 24.3 Å². The van der Waals surface area contributed by atoms with E-state index in [9.17, 15) is 4.79 Å². The molecule has 0 bridgehead atoms. The number of hydrogen-bond acceptors (Lipinski definition) is 5. The van der Waals surface area contributed by atoms with Crippen molar-refractivity contribution in [3.05, 3.63) is 58.0 Å². The maximum absolute atomic E-state index is 12.3. The number of aliphatic imine (C=N–C) groups is 1. The molecule has 1 N–H and O–H groups in total. The van der Waals surface area contributed by atoms with Crippen LogP contribution >= 0.6 is 11.8 Å². The minimum Gasteiger partial charge on any atom is -0.493 e. The van der Waals surface area contributed by atoms with Gasteiger partial charge in [0.1, 0.15) is 0 Å². The summed E-state index contributed by atoms with van der Waals surface area (Å²) < 4.78 is 10.9. The highest BCUT2D eigenvalue weighted by Crippen LogP contribution is 2.32. The molecule has 1 amide bonds. The molecule has 0 unspecified atom stereocenters. The highest BCUT2D eigenvalue weighted by Gasteiger charge is 2.24. The molecule has 0 atom stereocenters. The largest absolute Gasteiger partial charge is 0.493 e. The number of methoxy groups -OCH3 is 1. The molecule has 3 rings (SSSR count). The first-order valence-electron chi connectivity index (χ1n) is 8.68. The molecule has 1 aliphatic heterocycles. The van der Waals surface area contributed by atoms with Crippen LogP contribution in [-0.2, 0) is 4.79 Å². The fraction of sp³-hybridized carbons (Fsp3) is 0.238. The van der Waals surface area contributed by atoms with Gasteiger partial charge < -0.3 is 14.8 Å². The number of hydrogen-bond donors (Lipinski definition) is 1. The summed E-state index contributed by atoms with van der Waals surface area (Å²) >= 11 is 1.33. The minimum atomic E-state index is -0.156. The van der Waals surface area contributed by atoms with Gasteiger partial charge in [-0.15, -0.1) is 0 Å². The van der Waals surface area contributed by atoms with Crippen molar-refractivity contribution in [3.8, 4) is 11.5 Å². The Kier molecular flexibility index (Phi) is 5.86. The summed E-state index contributed by atoms with van der Waals surface area (Å²) in [5.41, 5.74) is 3.98. The Balaban J connectivity index is 1.84. The number of amidine groups is 1. The lowest BCUT2D eigenvalue weighted by molar-refractivity contribution is -0.115. The van der Waals surface area contributed by atoms with Crippen LogP contribution in [0.4, 0.5) is 5.69 Å². The highest BCUT2D eigenvalue weighted by molar-refractivity contribution is 8.18. The molecule has 0 aromatic heterocycles. The van der Waals surface area contributed by atoms with Gasteiger partial charge >= 0.3 is 0 Å². The van der Waals surface area contributed by atoms with E-state index in [1.807, 2.05) is 57.2 Å². The fourth-order valence-electron chi connectivity index (χ4n) is 2.72. The number of carbonyl (C=O) groups is 1. The van der Waals surface area contributed by atoms with E-state index in [4.69, 9.17) is 9.47 Å². The standard InChI is InChI=1S/C21H22N2O3S/c1-5-26-17-9-7-15(11-18(17)25-4)12-19-20(24)23-21(27-19)22-16-8-6-13(2)10-14(16)3/h6-12H,5H2,1-4H3,(H,22,23,24). The minimum absolute atomic E-state index is 0.156. The van der Waals surface area contributed by atoms with Gasteiger partial charge in [0.2, 0.25) is 0 Å². The molecule has 1 saturated heterocycles. The van der Waals surface area contributed by atoms with E-state index in [0.29, 0.717) is 28.2 Å². The maximum Gasteiger partial charge on any atom is 0.264 e. The third-order valence-corrected chi connectivity index (χ3v) is 4.92. The molecule has 27 heavy (non-hydrogen) atoms. The van der Waals surface area contributed by atoms with E-state index < -0.39 is 0 Å². The van der Waals surface area contributed by atoms with Crippen molar-refractivity contribution in [3.63, 3.8) is 0 Å². The average molecular weight is 382 g/mol. The number of rotatable bonds is 5. The molecule has 5 nitrogen and oxygen atoms in total. The van der Waals surface area contributed by atoms with E-state index in [2.05, 4.69) is 16.4 Å². The van der Waals surface area contributed by atoms with Crippen LogP contribution in [-0.4, -0.2) is 24.8 Å². The van der Waals surface area contributed by atoms with Crippen LogP contribution in [0, 0.1) is 13.8 Å². The first kappa shape index (κ1) is 19.0. The van der Waals surface area contributed by atoms with Gasteiger partial charge in [0, 0.05) is 0 Å². The van der Waals surface area contributed by atoms with Gasteiger partial charge in [-0.05, 0) is 67.9 Å². The maximum atomic E-state index is 12.3. The smallest absolute Gasteiger partial charge is 0.264 e. The first-order valence-corrected chi connectivity index (χ1v) is 9.49. The number of thioether (sulfide) groups is 1. The second kappa shape index (κ2) is 8.31. The van der Waals surface area contributed by atoms with E-state index in [1.54, 1.807) is 7.11 Å². The number of carbonyl (C=O) groups excluding carboxylic acids is 1. The molecule has 2 aromatic carbocycles. The summed E-state index contributed by atoms with van der Waals surface area (Å²) in [6.07, 6.45) is 1.82. The summed E-state index contributed by atoms with van der Waals surface area (Å²) in [4.78, 5) is 17.5. The van der Waals surface area contributed by atoms with Crippen LogP contribution in [0.15, 0.2) is 46.3 Å². The Hall–Kier alpha value is -2.73. The van der Waals surface area contributed by atoms with Crippen molar-refractivity contribution < 1.29 is 14.3 Å². The number of aryl methyl sites for hydroxylation is 2. The Morgan fingerprint density at radius 1 is 1.15 bits per heavy atom. The zero-order valence-corrected chi connectivity index (χ0v) is 16.6. The molecule has 0 spiro atoms. The van der Waals surface area contributed by atoms with Crippen LogP contribution in [0.5, 0.6) is 11.5 Å². The van der Waals surface area contributed by atoms with Crippen molar-refractivity contribution in [2.75, 3.05) is 13.7 Å².